The standard InChI is InChI=1S/C23H23ClN6O2S/c1-23(2,3)18-12-19(30(29-18)22-25-9-4-10-26-22)28-20(31)11-16-14-33-21(27-16)13-32-17-7-5-15(24)6-8-17/h4-10,12,14H,11,13H2,1-3H3,(H,28,31). The van der Waals surface area contributed by atoms with Gasteiger partial charge in [0.1, 0.15) is 23.2 Å². The van der Waals surface area contributed by atoms with Gasteiger partial charge in [-0.05, 0) is 30.3 Å². The van der Waals surface area contributed by atoms with Crippen LogP contribution in [0.15, 0.2) is 54.2 Å². The van der Waals surface area contributed by atoms with E-state index in [1.807, 2.05) is 11.4 Å². The molecule has 0 unspecified atom stereocenters. The van der Waals surface area contributed by atoms with Crippen molar-refractivity contribution in [1.82, 2.24) is 24.7 Å². The van der Waals surface area contributed by atoms with Crippen molar-refractivity contribution < 1.29 is 9.53 Å². The van der Waals surface area contributed by atoms with Crippen molar-refractivity contribution in [1.29, 1.82) is 0 Å². The fraction of sp³-hybridized carbons (Fsp3) is 0.261. The van der Waals surface area contributed by atoms with E-state index in [2.05, 4.69) is 46.1 Å². The maximum Gasteiger partial charge on any atom is 0.252 e. The Labute approximate surface area is 200 Å². The molecule has 1 aromatic carbocycles. The predicted octanol–water partition coefficient (Wildman–Crippen LogP) is 4.83. The third kappa shape index (κ3) is 5.94. The number of benzene rings is 1. The lowest BCUT2D eigenvalue weighted by molar-refractivity contribution is -0.115. The average Bonchev–Trinajstić information content (AvgIpc) is 3.41. The highest BCUT2D eigenvalue weighted by Gasteiger charge is 2.22. The van der Waals surface area contributed by atoms with Crippen molar-refractivity contribution in [2.24, 2.45) is 0 Å². The van der Waals surface area contributed by atoms with Crippen molar-refractivity contribution in [3.63, 3.8) is 0 Å². The van der Waals surface area contributed by atoms with Gasteiger partial charge in [0.2, 0.25) is 5.91 Å². The summed E-state index contributed by atoms with van der Waals surface area (Å²) in [5, 5.41) is 10.8. The normalized spacial score (nSPS) is 11.4. The third-order valence-electron chi connectivity index (χ3n) is 4.60. The second-order valence-electron chi connectivity index (χ2n) is 8.33. The quantitative estimate of drug-likeness (QED) is 0.405. The lowest BCUT2D eigenvalue weighted by Gasteiger charge is -2.13. The zero-order valence-corrected chi connectivity index (χ0v) is 20.0. The number of hydrogen-bond acceptors (Lipinski definition) is 7. The van der Waals surface area contributed by atoms with Crippen LogP contribution in [0.2, 0.25) is 5.02 Å². The van der Waals surface area contributed by atoms with Crippen molar-refractivity contribution in [3.05, 3.63) is 75.6 Å². The number of aromatic nitrogens is 5. The fourth-order valence-corrected chi connectivity index (χ4v) is 3.74. The summed E-state index contributed by atoms with van der Waals surface area (Å²) < 4.78 is 7.27. The molecule has 4 aromatic rings. The smallest absolute Gasteiger partial charge is 0.252 e. The Bertz CT molecular complexity index is 1230. The molecule has 10 heteroatoms. The summed E-state index contributed by atoms with van der Waals surface area (Å²) in [6.45, 7) is 6.49. The lowest BCUT2D eigenvalue weighted by atomic mass is 9.92. The number of ether oxygens (including phenoxy) is 1. The molecule has 33 heavy (non-hydrogen) atoms. The molecule has 3 aromatic heterocycles. The van der Waals surface area contributed by atoms with Gasteiger partial charge in [0.25, 0.3) is 5.95 Å². The van der Waals surface area contributed by atoms with E-state index < -0.39 is 0 Å². The van der Waals surface area contributed by atoms with Crippen LogP contribution in [0.4, 0.5) is 5.82 Å². The van der Waals surface area contributed by atoms with Gasteiger partial charge in [0, 0.05) is 34.3 Å². The number of nitrogens with one attached hydrogen (secondary N) is 1. The molecule has 0 spiro atoms. The van der Waals surface area contributed by atoms with Crippen LogP contribution < -0.4 is 10.1 Å². The molecule has 3 heterocycles. The summed E-state index contributed by atoms with van der Waals surface area (Å²) in [6, 6.07) is 10.7. The first-order chi connectivity index (χ1) is 15.8. The highest BCUT2D eigenvalue weighted by atomic mass is 35.5. The Morgan fingerprint density at radius 3 is 2.61 bits per heavy atom. The van der Waals surface area contributed by atoms with E-state index in [0.29, 0.717) is 34.8 Å². The van der Waals surface area contributed by atoms with Gasteiger partial charge >= 0.3 is 0 Å². The van der Waals surface area contributed by atoms with E-state index >= 15 is 0 Å². The van der Waals surface area contributed by atoms with Gasteiger partial charge in [-0.15, -0.1) is 11.3 Å². The van der Waals surface area contributed by atoms with Gasteiger partial charge in [-0.2, -0.15) is 9.78 Å². The van der Waals surface area contributed by atoms with Gasteiger partial charge in [0.05, 0.1) is 17.8 Å². The molecule has 1 N–H and O–H groups in total. The van der Waals surface area contributed by atoms with Crippen LogP contribution in [0.5, 0.6) is 5.75 Å². The summed E-state index contributed by atoms with van der Waals surface area (Å²) >= 11 is 7.34. The third-order valence-corrected chi connectivity index (χ3v) is 5.73. The fourth-order valence-electron chi connectivity index (χ4n) is 2.91. The monoisotopic (exact) mass is 482 g/mol. The molecule has 0 bridgehead atoms. The molecule has 8 nitrogen and oxygen atoms in total. The van der Waals surface area contributed by atoms with Crippen LogP contribution in [-0.2, 0) is 23.2 Å². The number of halogens is 1. The number of hydrogen-bond donors (Lipinski definition) is 1. The molecule has 0 aliphatic carbocycles. The predicted molar refractivity (Wildman–Crippen MR) is 128 cm³/mol. The molecule has 4 rings (SSSR count). The Morgan fingerprint density at radius 1 is 1.18 bits per heavy atom. The number of amides is 1. The second kappa shape index (κ2) is 9.68. The topological polar surface area (TPSA) is 94.8 Å². The van der Waals surface area contributed by atoms with E-state index in [-0.39, 0.29) is 17.7 Å². The maximum atomic E-state index is 12.8. The van der Waals surface area contributed by atoms with Gasteiger partial charge in [0.15, 0.2) is 0 Å². The summed E-state index contributed by atoms with van der Waals surface area (Å²) in [4.78, 5) is 25.8. The Hall–Kier alpha value is -3.30. The molecule has 0 radical (unpaired) electrons. The molecule has 170 valence electrons. The zero-order chi connectivity index (χ0) is 23.4. The summed E-state index contributed by atoms with van der Waals surface area (Å²) in [7, 11) is 0. The maximum absolute atomic E-state index is 12.8. The first kappa shape index (κ1) is 22.9. The second-order valence-corrected chi connectivity index (χ2v) is 9.70. The van der Waals surface area contributed by atoms with Crippen LogP contribution in [0.1, 0.15) is 37.2 Å². The molecule has 0 aliphatic rings. The van der Waals surface area contributed by atoms with E-state index in [1.165, 1.54) is 11.3 Å². The van der Waals surface area contributed by atoms with Crippen LogP contribution in [-0.4, -0.2) is 30.6 Å². The van der Waals surface area contributed by atoms with Crippen molar-refractivity contribution >= 4 is 34.7 Å². The zero-order valence-electron chi connectivity index (χ0n) is 18.4. The molecule has 0 fully saturated rings. The number of anilines is 1. The minimum absolute atomic E-state index is 0.128. The highest BCUT2D eigenvalue weighted by Crippen LogP contribution is 2.25. The van der Waals surface area contributed by atoms with Crippen molar-refractivity contribution in [2.45, 2.75) is 39.2 Å². The first-order valence-corrected chi connectivity index (χ1v) is 11.5. The van der Waals surface area contributed by atoms with Crippen molar-refractivity contribution in [3.8, 4) is 11.7 Å². The first-order valence-electron chi connectivity index (χ1n) is 10.3. The van der Waals surface area contributed by atoms with E-state index in [0.717, 1.165) is 10.7 Å². The number of thiazole rings is 1. The van der Waals surface area contributed by atoms with Crippen LogP contribution in [0.25, 0.3) is 5.95 Å². The van der Waals surface area contributed by atoms with E-state index in [1.54, 1.807) is 47.4 Å². The van der Waals surface area contributed by atoms with Gasteiger partial charge in [-0.25, -0.2) is 15.0 Å². The molecule has 0 atom stereocenters. The summed E-state index contributed by atoms with van der Waals surface area (Å²) in [6.07, 6.45) is 3.40. The molecular formula is C23H23ClN6O2S. The molecular weight excluding hydrogens is 460 g/mol. The van der Waals surface area contributed by atoms with Gasteiger partial charge < -0.3 is 10.1 Å². The molecule has 1 amide bonds. The summed E-state index contributed by atoms with van der Waals surface area (Å²) in [5.41, 5.74) is 1.29. The Kier molecular flexibility index (Phi) is 6.71. The van der Waals surface area contributed by atoms with Crippen LogP contribution in [0, 0.1) is 0 Å². The van der Waals surface area contributed by atoms with Gasteiger partial charge in [-0.3, -0.25) is 4.79 Å². The number of rotatable bonds is 7. The average molecular weight is 483 g/mol. The highest BCUT2D eigenvalue weighted by molar-refractivity contribution is 7.09. The Morgan fingerprint density at radius 2 is 1.91 bits per heavy atom. The van der Waals surface area contributed by atoms with E-state index in [4.69, 9.17) is 16.3 Å². The summed E-state index contributed by atoms with van der Waals surface area (Å²) in [5.74, 6) is 1.40. The van der Waals surface area contributed by atoms with E-state index in [9.17, 15) is 4.79 Å². The SMILES string of the molecule is CC(C)(C)c1cc(NC(=O)Cc2csc(COc3ccc(Cl)cc3)n2)n(-c2ncccn2)n1. The Balaban J connectivity index is 1.43. The minimum atomic E-state index is -0.206. The van der Waals surface area contributed by atoms with Crippen molar-refractivity contribution in [2.75, 3.05) is 5.32 Å². The van der Waals surface area contributed by atoms with Gasteiger partial charge in [-0.1, -0.05) is 32.4 Å². The largest absolute Gasteiger partial charge is 0.486 e. The minimum Gasteiger partial charge on any atom is -0.486 e. The lowest BCUT2D eigenvalue weighted by Crippen LogP contribution is -2.18. The molecule has 0 aliphatic heterocycles. The molecule has 0 saturated heterocycles. The molecule has 0 saturated carbocycles. The number of carbonyl (C=O) groups excluding carboxylic acids is 1. The van der Waals surface area contributed by atoms with Crippen LogP contribution in [0.3, 0.4) is 0 Å². The van der Waals surface area contributed by atoms with Crippen LogP contribution >= 0.6 is 22.9 Å². The number of carbonyl (C=O) groups is 1. The number of nitrogens with zero attached hydrogens (tertiary/aromatic N) is 5.